The van der Waals surface area contributed by atoms with E-state index in [2.05, 4.69) is 36.6 Å². The standard InChI is InChI=1S/C41H78N2O5/c1-3-5-7-9-11-13-15-17-18-19-21-23-25-27-29-33-39(45)43-37(35-48-41(47)36-31-30-34-42-36)40(46)38(44)32-28-26-24-22-20-16-14-12-10-8-6-4-2/h17-18,36-38,40,42,44,46H,3-16,19-35H2,1-2H3,(H,43,45)/t36-,37-,38+,40-/m0/s1. The highest BCUT2D eigenvalue weighted by Gasteiger charge is 2.30. The summed E-state index contributed by atoms with van der Waals surface area (Å²) in [5, 5.41) is 27.8. The molecule has 0 unspecified atom stereocenters. The summed E-state index contributed by atoms with van der Waals surface area (Å²) in [7, 11) is 0. The Kier molecular flexibility index (Phi) is 30.4. The molecule has 1 rings (SSSR count). The van der Waals surface area contributed by atoms with Crippen LogP contribution in [-0.4, -0.2) is 59.5 Å². The predicted molar refractivity (Wildman–Crippen MR) is 201 cm³/mol. The number of aliphatic hydroxyl groups excluding tert-OH is 2. The van der Waals surface area contributed by atoms with Gasteiger partial charge < -0.3 is 25.6 Å². The van der Waals surface area contributed by atoms with Crippen LogP contribution < -0.4 is 10.6 Å². The molecule has 0 bridgehead atoms. The number of carbonyl (C=O) groups excluding carboxylic acids is 2. The Hall–Kier alpha value is -1.44. The number of amides is 1. The molecular formula is C41H78N2O5. The summed E-state index contributed by atoms with van der Waals surface area (Å²) in [5.74, 6) is -0.518. The molecule has 0 radical (unpaired) electrons. The van der Waals surface area contributed by atoms with E-state index in [1.54, 1.807) is 0 Å². The highest BCUT2D eigenvalue weighted by atomic mass is 16.5. The van der Waals surface area contributed by atoms with Gasteiger partial charge >= 0.3 is 5.97 Å². The SMILES string of the molecule is CCCCCCCCC=CCCCCCCCC(=O)N[C@@H](COC(=O)[C@@H]1CCCN1)[C@H](O)[C@H](O)CCCCCCCCCCCCCC. The fourth-order valence-corrected chi connectivity index (χ4v) is 6.65. The molecule has 1 saturated heterocycles. The van der Waals surface area contributed by atoms with Gasteiger partial charge in [0.1, 0.15) is 18.8 Å². The zero-order valence-corrected chi connectivity index (χ0v) is 31.5. The Bertz CT molecular complexity index is 770. The number of esters is 1. The van der Waals surface area contributed by atoms with Gasteiger partial charge in [0.2, 0.25) is 5.91 Å². The van der Waals surface area contributed by atoms with E-state index in [9.17, 15) is 19.8 Å². The maximum absolute atomic E-state index is 12.8. The van der Waals surface area contributed by atoms with Gasteiger partial charge in [0.05, 0.1) is 12.1 Å². The average Bonchev–Trinajstić information content (AvgIpc) is 3.64. The topological polar surface area (TPSA) is 108 Å². The third-order valence-electron chi connectivity index (χ3n) is 9.92. The summed E-state index contributed by atoms with van der Waals surface area (Å²) in [6, 6.07) is -1.15. The number of aliphatic hydroxyl groups is 2. The van der Waals surface area contributed by atoms with Crippen LogP contribution in [0.5, 0.6) is 0 Å². The van der Waals surface area contributed by atoms with Gasteiger partial charge in [0, 0.05) is 6.42 Å². The van der Waals surface area contributed by atoms with Crippen LogP contribution in [0.2, 0.25) is 0 Å². The van der Waals surface area contributed by atoms with Crippen molar-refractivity contribution in [2.45, 2.75) is 224 Å². The number of carbonyl (C=O) groups is 2. The summed E-state index contributed by atoms with van der Waals surface area (Å²) >= 11 is 0. The first kappa shape index (κ1) is 44.6. The van der Waals surface area contributed by atoms with Crippen LogP contribution in [0.4, 0.5) is 0 Å². The van der Waals surface area contributed by atoms with Crippen LogP contribution in [0.15, 0.2) is 12.2 Å². The number of rotatable bonds is 34. The van der Waals surface area contributed by atoms with Gasteiger partial charge in [-0.15, -0.1) is 0 Å². The van der Waals surface area contributed by atoms with Gasteiger partial charge in [0.25, 0.3) is 0 Å². The second kappa shape index (κ2) is 32.7. The van der Waals surface area contributed by atoms with E-state index in [0.29, 0.717) is 12.8 Å². The quantitative estimate of drug-likeness (QED) is 0.0307. The monoisotopic (exact) mass is 679 g/mol. The van der Waals surface area contributed by atoms with E-state index < -0.39 is 18.2 Å². The molecule has 1 fully saturated rings. The van der Waals surface area contributed by atoms with Crippen LogP contribution in [0.3, 0.4) is 0 Å². The summed E-state index contributed by atoms with van der Waals surface area (Å²) in [5.41, 5.74) is 0. The highest BCUT2D eigenvalue weighted by Crippen LogP contribution is 2.16. The minimum atomic E-state index is -1.18. The van der Waals surface area contributed by atoms with Crippen molar-refractivity contribution in [3.8, 4) is 0 Å². The molecule has 48 heavy (non-hydrogen) atoms. The minimum absolute atomic E-state index is 0.133. The number of ether oxygens (including phenoxy) is 1. The number of hydrogen-bond acceptors (Lipinski definition) is 6. The molecule has 0 aromatic carbocycles. The lowest BCUT2D eigenvalue weighted by Crippen LogP contribution is -2.52. The summed E-state index contributed by atoms with van der Waals surface area (Å²) in [4.78, 5) is 25.3. The molecule has 0 aliphatic carbocycles. The van der Waals surface area contributed by atoms with E-state index in [1.165, 1.54) is 116 Å². The van der Waals surface area contributed by atoms with Crippen LogP contribution in [0, 0.1) is 0 Å². The van der Waals surface area contributed by atoms with Crippen molar-refractivity contribution >= 4 is 11.9 Å². The Balaban J connectivity index is 2.27. The third-order valence-corrected chi connectivity index (χ3v) is 9.92. The Labute approximate surface area is 296 Å². The first-order valence-electron chi connectivity index (χ1n) is 20.7. The fraction of sp³-hybridized carbons (Fsp3) is 0.902. The van der Waals surface area contributed by atoms with Gasteiger partial charge in [-0.2, -0.15) is 0 Å². The molecule has 4 N–H and O–H groups in total. The van der Waals surface area contributed by atoms with E-state index >= 15 is 0 Å². The van der Waals surface area contributed by atoms with Crippen LogP contribution in [0.1, 0.15) is 200 Å². The van der Waals surface area contributed by atoms with Crippen molar-refractivity contribution in [3.05, 3.63) is 12.2 Å². The molecule has 0 aromatic rings. The van der Waals surface area contributed by atoms with Crippen molar-refractivity contribution in [3.63, 3.8) is 0 Å². The van der Waals surface area contributed by atoms with Crippen LogP contribution in [0.25, 0.3) is 0 Å². The zero-order chi connectivity index (χ0) is 34.9. The maximum atomic E-state index is 12.8. The molecule has 0 aromatic heterocycles. The third kappa shape index (κ3) is 25.5. The minimum Gasteiger partial charge on any atom is -0.462 e. The summed E-state index contributed by atoms with van der Waals surface area (Å²) in [6.07, 6.45) is 35.5. The normalized spacial score (nSPS) is 16.7. The molecule has 1 aliphatic rings. The molecule has 0 spiro atoms. The molecule has 1 heterocycles. The predicted octanol–water partition coefficient (Wildman–Crippen LogP) is 9.62. The van der Waals surface area contributed by atoms with E-state index in [0.717, 1.165) is 64.3 Å². The Morgan fingerprint density at radius 3 is 1.69 bits per heavy atom. The molecule has 1 aliphatic heterocycles. The van der Waals surface area contributed by atoms with Gasteiger partial charge in [-0.3, -0.25) is 9.59 Å². The number of hydrogen-bond donors (Lipinski definition) is 4. The summed E-state index contributed by atoms with van der Waals surface area (Å²) < 4.78 is 5.52. The van der Waals surface area contributed by atoms with Crippen molar-refractivity contribution in [1.82, 2.24) is 10.6 Å². The summed E-state index contributed by atoms with van der Waals surface area (Å²) in [6.45, 7) is 5.17. The van der Waals surface area contributed by atoms with Gasteiger partial charge in [0.15, 0.2) is 0 Å². The lowest BCUT2D eigenvalue weighted by Gasteiger charge is -2.28. The number of unbranched alkanes of at least 4 members (excludes halogenated alkanes) is 22. The van der Waals surface area contributed by atoms with E-state index in [4.69, 9.17) is 4.74 Å². The molecule has 4 atom stereocenters. The number of allylic oxidation sites excluding steroid dienone is 2. The fourth-order valence-electron chi connectivity index (χ4n) is 6.65. The van der Waals surface area contributed by atoms with Crippen LogP contribution >= 0.6 is 0 Å². The van der Waals surface area contributed by atoms with Crippen molar-refractivity contribution in [1.29, 1.82) is 0 Å². The van der Waals surface area contributed by atoms with Crippen LogP contribution in [-0.2, 0) is 14.3 Å². The van der Waals surface area contributed by atoms with Crippen molar-refractivity contribution in [2.75, 3.05) is 13.2 Å². The molecular weight excluding hydrogens is 600 g/mol. The average molecular weight is 679 g/mol. The Morgan fingerprint density at radius 1 is 0.708 bits per heavy atom. The lowest BCUT2D eigenvalue weighted by molar-refractivity contribution is -0.149. The second-order valence-corrected chi connectivity index (χ2v) is 14.5. The van der Waals surface area contributed by atoms with E-state index in [1.807, 2.05) is 0 Å². The maximum Gasteiger partial charge on any atom is 0.323 e. The molecule has 0 saturated carbocycles. The Morgan fingerprint density at radius 2 is 1.19 bits per heavy atom. The van der Waals surface area contributed by atoms with Gasteiger partial charge in [-0.05, 0) is 57.9 Å². The molecule has 7 nitrogen and oxygen atoms in total. The van der Waals surface area contributed by atoms with Gasteiger partial charge in [-0.1, -0.05) is 154 Å². The first-order chi connectivity index (χ1) is 23.5. The number of nitrogens with one attached hydrogen (secondary N) is 2. The van der Waals surface area contributed by atoms with Crippen molar-refractivity contribution < 1.29 is 24.5 Å². The lowest BCUT2D eigenvalue weighted by atomic mass is 9.99. The smallest absolute Gasteiger partial charge is 0.323 e. The second-order valence-electron chi connectivity index (χ2n) is 14.5. The van der Waals surface area contributed by atoms with Crippen molar-refractivity contribution in [2.24, 2.45) is 0 Å². The zero-order valence-electron chi connectivity index (χ0n) is 31.5. The van der Waals surface area contributed by atoms with Gasteiger partial charge in [-0.25, -0.2) is 0 Å². The molecule has 1 amide bonds. The molecule has 282 valence electrons. The largest absolute Gasteiger partial charge is 0.462 e. The first-order valence-corrected chi connectivity index (χ1v) is 20.7. The molecule has 7 heteroatoms. The highest BCUT2D eigenvalue weighted by molar-refractivity contribution is 5.77. The van der Waals surface area contributed by atoms with E-state index in [-0.39, 0.29) is 24.5 Å².